The average molecular weight is 313 g/mol. The molecule has 122 valence electrons. The van der Waals surface area contributed by atoms with E-state index in [2.05, 4.69) is 20.3 Å². The van der Waals surface area contributed by atoms with Gasteiger partial charge in [-0.1, -0.05) is 12.1 Å². The number of aromatic nitrogens is 2. The molecule has 6 heteroatoms. The molecule has 2 aromatic rings. The predicted molar refractivity (Wildman–Crippen MR) is 94.8 cm³/mol. The maximum absolute atomic E-state index is 9.29. The van der Waals surface area contributed by atoms with E-state index in [-0.39, 0.29) is 5.75 Å². The molecule has 1 aromatic heterocycles. The van der Waals surface area contributed by atoms with E-state index in [9.17, 15) is 5.11 Å². The zero-order chi connectivity index (χ0) is 16.8. The summed E-state index contributed by atoms with van der Waals surface area (Å²) in [6.45, 7) is 2.63. The predicted octanol–water partition coefficient (Wildman–Crippen LogP) is 2.34. The van der Waals surface area contributed by atoms with Crippen molar-refractivity contribution in [1.82, 2.24) is 9.97 Å². The lowest BCUT2D eigenvalue weighted by Crippen LogP contribution is -2.16. The van der Waals surface area contributed by atoms with Crippen LogP contribution in [0.15, 0.2) is 35.6 Å². The molecule has 1 heterocycles. The highest BCUT2D eigenvalue weighted by molar-refractivity contribution is 6.03. The number of anilines is 2. The summed E-state index contributed by atoms with van der Waals surface area (Å²) in [6.07, 6.45) is 2.38. The Bertz CT molecular complexity index is 680. The van der Waals surface area contributed by atoms with E-state index in [1.54, 1.807) is 18.5 Å². The third-order valence-electron chi connectivity index (χ3n) is 3.53. The molecule has 2 N–H and O–H groups in total. The van der Waals surface area contributed by atoms with Gasteiger partial charge in [0.25, 0.3) is 0 Å². The minimum absolute atomic E-state index is 0.282. The standard InChI is InChI=1S/C17H23N5O/c1-12(19-10-9-13-5-7-14(23)8-6-13)15-16(18-2)17(22(3)4)21-11-20-15/h5-8,11,18,23H,9-10H2,1-4H3. The number of phenolic OH excluding ortho intramolecular Hbond substituents is 1. The van der Waals surface area contributed by atoms with Crippen molar-refractivity contribution in [2.24, 2.45) is 4.99 Å². The van der Waals surface area contributed by atoms with Gasteiger partial charge in [-0.25, -0.2) is 9.97 Å². The van der Waals surface area contributed by atoms with Gasteiger partial charge in [-0.2, -0.15) is 0 Å². The minimum atomic E-state index is 0.282. The number of aromatic hydroxyl groups is 1. The van der Waals surface area contributed by atoms with Crippen LogP contribution in [0.2, 0.25) is 0 Å². The highest BCUT2D eigenvalue weighted by Gasteiger charge is 2.13. The summed E-state index contributed by atoms with van der Waals surface area (Å²) in [7, 11) is 5.76. The molecule has 2 rings (SSSR count). The van der Waals surface area contributed by atoms with E-state index in [4.69, 9.17) is 0 Å². The quantitative estimate of drug-likeness (QED) is 0.801. The number of aliphatic imine (C=N–C) groups is 1. The Morgan fingerprint density at radius 3 is 2.52 bits per heavy atom. The maximum atomic E-state index is 9.29. The molecule has 0 saturated heterocycles. The second-order valence-corrected chi connectivity index (χ2v) is 5.45. The van der Waals surface area contributed by atoms with Crippen molar-refractivity contribution in [1.29, 1.82) is 0 Å². The Kier molecular flexibility index (Phi) is 5.51. The number of nitrogens with one attached hydrogen (secondary N) is 1. The second-order valence-electron chi connectivity index (χ2n) is 5.45. The monoisotopic (exact) mass is 313 g/mol. The van der Waals surface area contributed by atoms with Crippen molar-refractivity contribution in [2.75, 3.05) is 37.9 Å². The van der Waals surface area contributed by atoms with Gasteiger partial charge in [-0.05, 0) is 31.0 Å². The third kappa shape index (κ3) is 4.18. The molecule has 0 radical (unpaired) electrons. The van der Waals surface area contributed by atoms with Crippen LogP contribution in [0.25, 0.3) is 0 Å². The SMILES string of the molecule is CNc1c(C(C)=NCCc2ccc(O)cc2)ncnc1N(C)C. The first-order chi connectivity index (χ1) is 11.0. The van der Waals surface area contributed by atoms with Gasteiger partial charge < -0.3 is 15.3 Å². The molecule has 6 nitrogen and oxygen atoms in total. The van der Waals surface area contributed by atoms with Crippen LogP contribution in [0.1, 0.15) is 18.2 Å². The van der Waals surface area contributed by atoms with E-state index in [0.29, 0.717) is 6.54 Å². The molecule has 0 amide bonds. The van der Waals surface area contributed by atoms with Gasteiger partial charge in [-0.3, -0.25) is 4.99 Å². The second kappa shape index (κ2) is 7.58. The number of nitrogens with zero attached hydrogens (tertiary/aromatic N) is 4. The smallest absolute Gasteiger partial charge is 0.155 e. The van der Waals surface area contributed by atoms with Crippen LogP contribution in [0.4, 0.5) is 11.5 Å². The molecule has 23 heavy (non-hydrogen) atoms. The van der Waals surface area contributed by atoms with Gasteiger partial charge in [0.05, 0.1) is 5.71 Å². The van der Waals surface area contributed by atoms with Gasteiger partial charge in [0.2, 0.25) is 0 Å². The first-order valence-corrected chi connectivity index (χ1v) is 7.52. The topological polar surface area (TPSA) is 73.6 Å². The Balaban J connectivity index is 2.14. The fourth-order valence-electron chi connectivity index (χ4n) is 2.31. The number of rotatable bonds is 6. The molecule has 0 fully saturated rings. The molecule has 1 aromatic carbocycles. The van der Waals surface area contributed by atoms with Gasteiger partial charge in [0.1, 0.15) is 23.5 Å². The van der Waals surface area contributed by atoms with Crippen LogP contribution in [-0.4, -0.2) is 48.5 Å². The van der Waals surface area contributed by atoms with E-state index < -0.39 is 0 Å². The van der Waals surface area contributed by atoms with Crippen LogP contribution in [0.3, 0.4) is 0 Å². The summed E-state index contributed by atoms with van der Waals surface area (Å²) in [5.74, 6) is 1.12. The number of benzene rings is 1. The van der Waals surface area contributed by atoms with E-state index in [0.717, 1.165) is 34.9 Å². The summed E-state index contributed by atoms with van der Waals surface area (Å²) < 4.78 is 0. The van der Waals surface area contributed by atoms with Crippen molar-refractivity contribution < 1.29 is 5.11 Å². The van der Waals surface area contributed by atoms with Gasteiger partial charge in [0.15, 0.2) is 5.82 Å². The fourth-order valence-corrected chi connectivity index (χ4v) is 2.31. The lowest BCUT2D eigenvalue weighted by atomic mass is 10.1. The fraction of sp³-hybridized carbons (Fsp3) is 0.353. The molecular formula is C17H23N5O. The molecule has 0 aliphatic heterocycles. The first kappa shape index (κ1) is 16.7. The Labute approximate surface area is 136 Å². The molecule has 0 aliphatic rings. The largest absolute Gasteiger partial charge is 0.508 e. The highest BCUT2D eigenvalue weighted by Crippen LogP contribution is 2.24. The van der Waals surface area contributed by atoms with E-state index in [1.807, 2.05) is 45.1 Å². The lowest BCUT2D eigenvalue weighted by molar-refractivity contribution is 0.475. The van der Waals surface area contributed by atoms with Crippen LogP contribution in [-0.2, 0) is 6.42 Å². The molecular weight excluding hydrogens is 290 g/mol. The highest BCUT2D eigenvalue weighted by atomic mass is 16.3. The Morgan fingerprint density at radius 2 is 1.91 bits per heavy atom. The molecule has 0 unspecified atom stereocenters. The van der Waals surface area contributed by atoms with Crippen molar-refractivity contribution >= 4 is 17.2 Å². The van der Waals surface area contributed by atoms with Gasteiger partial charge in [0, 0.05) is 27.7 Å². The molecule has 0 bridgehead atoms. The Hall–Kier alpha value is -2.63. The van der Waals surface area contributed by atoms with Crippen molar-refractivity contribution in [2.45, 2.75) is 13.3 Å². The Morgan fingerprint density at radius 1 is 1.22 bits per heavy atom. The van der Waals surface area contributed by atoms with Crippen LogP contribution < -0.4 is 10.2 Å². The van der Waals surface area contributed by atoms with E-state index in [1.165, 1.54) is 0 Å². The zero-order valence-electron chi connectivity index (χ0n) is 14.0. The minimum Gasteiger partial charge on any atom is -0.508 e. The summed E-state index contributed by atoms with van der Waals surface area (Å²) in [5, 5.41) is 12.5. The lowest BCUT2D eigenvalue weighted by Gasteiger charge is -2.17. The summed E-state index contributed by atoms with van der Waals surface area (Å²) in [4.78, 5) is 15.2. The summed E-state index contributed by atoms with van der Waals surface area (Å²) >= 11 is 0. The number of hydrogen-bond donors (Lipinski definition) is 2. The molecule has 0 atom stereocenters. The summed E-state index contributed by atoms with van der Waals surface area (Å²) in [6, 6.07) is 7.21. The van der Waals surface area contributed by atoms with Crippen LogP contribution in [0.5, 0.6) is 5.75 Å². The zero-order valence-corrected chi connectivity index (χ0v) is 14.0. The number of hydrogen-bond acceptors (Lipinski definition) is 6. The van der Waals surface area contributed by atoms with Crippen LogP contribution >= 0.6 is 0 Å². The van der Waals surface area contributed by atoms with Crippen LogP contribution in [0, 0.1) is 0 Å². The van der Waals surface area contributed by atoms with Gasteiger partial charge in [-0.15, -0.1) is 0 Å². The van der Waals surface area contributed by atoms with Crippen molar-refractivity contribution in [3.05, 3.63) is 41.9 Å². The van der Waals surface area contributed by atoms with Gasteiger partial charge >= 0.3 is 0 Å². The molecule has 0 saturated carbocycles. The average Bonchev–Trinajstić information content (AvgIpc) is 2.55. The van der Waals surface area contributed by atoms with Crippen molar-refractivity contribution in [3.63, 3.8) is 0 Å². The number of phenols is 1. The summed E-state index contributed by atoms with van der Waals surface area (Å²) in [5.41, 5.74) is 3.71. The van der Waals surface area contributed by atoms with E-state index >= 15 is 0 Å². The van der Waals surface area contributed by atoms with Crippen molar-refractivity contribution in [3.8, 4) is 5.75 Å². The molecule has 0 aliphatic carbocycles. The molecule has 0 spiro atoms. The maximum Gasteiger partial charge on any atom is 0.155 e. The third-order valence-corrected chi connectivity index (χ3v) is 3.53. The first-order valence-electron chi connectivity index (χ1n) is 7.52. The normalized spacial score (nSPS) is 11.4.